The smallest absolute Gasteiger partial charge is 0.204 e. The molecule has 46 heavy (non-hydrogen) atoms. The molecule has 10 nitrogen and oxygen atoms in total. The summed E-state index contributed by atoms with van der Waals surface area (Å²) in [7, 11) is 8.90. The predicted molar refractivity (Wildman–Crippen MR) is 175 cm³/mol. The first kappa shape index (κ1) is 34.6. The number of hydrogen-bond donors (Lipinski definition) is 2. The summed E-state index contributed by atoms with van der Waals surface area (Å²) < 4.78 is 31.5. The standard InChI is InChI=1S/2C18H18O5/c2*1-21-16-11-9-13(17(22-2)18(16)23-3)15(20)10-8-12-6-4-5-7-14(12)19/h2*4-11,19H,1-3H3/b2*10-8+. The first-order chi connectivity index (χ1) is 22.2. The summed E-state index contributed by atoms with van der Waals surface area (Å²) in [6.07, 6.45) is 5.85. The van der Waals surface area contributed by atoms with Gasteiger partial charge in [-0.1, -0.05) is 36.4 Å². The Kier molecular flexibility index (Phi) is 12.6. The van der Waals surface area contributed by atoms with Crippen molar-refractivity contribution in [2.75, 3.05) is 42.7 Å². The highest BCUT2D eigenvalue weighted by Gasteiger charge is 2.20. The number of ketones is 2. The van der Waals surface area contributed by atoms with Crippen LogP contribution < -0.4 is 28.4 Å². The van der Waals surface area contributed by atoms with Gasteiger partial charge in [-0.25, -0.2) is 0 Å². The van der Waals surface area contributed by atoms with E-state index in [0.29, 0.717) is 56.8 Å². The molecule has 240 valence electrons. The fourth-order valence-corrected chi connectivity index (χ4v) is 4.36. The monoisotopic (exact) mass is 628 g/mol. The molecule has 0 spiro atoms. The Morgan fingerprint density at radius 1 is 0.478 bits per heavy atom. The summed E-state index contributed by atoms with van der Waals surface area (Å²) in [4.78, 5) is 24.9. The molecule has 0 atom stereocenters. The molecule has 0 aromatic heterocycles. The largest absolute Gasteiger partial charge is 0.507 e. The van der Waals surface area contributed by atoms with Gasteiger partial charge in [0.2, 0.25) is 11.5 Å². The van der Waals surface area contributed by atoms with Crippen molar-refractivity contribution < 1.29 is 48.2 Å². The van der Waals surface area contributed by atoms with Crippen LogP contribution in [-0.4, -0.2) is 64.4 Å². The van der Waals surface area contributed by atoms with Gasteiger partial charge in [-0.2, -0.15) is 0 Å². The van der Waals surface area contributed by atoms with Crippen LogP contribution in [0.5, 0.6) is 46.0 Å². The number of rotatable bonds is 12. The van der Waals surface area contributed by atoms with Crippen LogP contribution in [0.3, 0.4) is 0 Å². The number of carbonyl (C=O) groups is 2. The SMILES string of the molecule is COc1ccc(C(=O)/C=C/c2ccccc2O)c(OC)c1OC.COc1ccc(C(=O)/C=C/c2ccccc2O)c(OC)c1OC. The number of ether oxygens (including phenoxy) is 6. The molecular formula is C36H36O10. The van der Waals surface area contributed by atoms with Gasteiger partial charge >= 0.3 is 0 Å². The van der Waals surface area contributed by atoms with E-state index < -0.39 is 0 Å². The van der Waals surface area contributed by atoms with Crippen LogP contribution in [0.4, 0.5) is 0 Å². The molecule has 0 aliphatic rings. The molecule has 0 heterocycles. The molecule has 4 aromatic rings. The molecule has 4 aromatic carbocycles. The van der Waals surface area contributed by atoms with Gasteiger partial charge in [0.05, 0.1) is 53.8 Å². The van der Waals surface area contributed by atoms with Gasteiger partial charge in [0.1, 0.15) is 11.5 Å². The average Bonchev–Trinajstić information content (AvgIpc) is 3.09. The molecule has 4 rings (SSSR count). The Hall–Kier alpha value is -5.90. The van der Waals surface area contributed by atoms with Gasteiger partial charge in [0.15, 0.2) is 34.6 Å². The maximum absolute atomic E-state index is 12.4. The molecule has 0 fully saturated rings. The third-order valence-electron chi connectivity index (χ3n) is 6.64. The van der Waals surface area contributed by atoms with Gasteiger partial charge in [-0.3, -0.25) is 9.59 Å². The zero-order valence-corrected chi connectivity index (χ0v) is 26.4. The molecule has 0 bridgehead atoms. The fourth-order valence-electron chi connectivity index (χ4n) is 4.36. The first-order valence-electron chi connectivity index (χ1n) is 13.8. The van der Waals surface area contributed by atoms with Crippen molar-refractivity contribution in [1.82, 2.24) is 0 Å². The van der Waals surface area contributed by atoms with E-state index in [2.05, 4.69) is 0 Å². The number of allylic oxidation sites excluding steroid dienone is 2. The molecule has 0 saturated carbocycles. The minimum absolute atomic E-state index is 0.107. The van der Waals surface area contributed by atoms with Crippen LogP contribution in [0.2, 0.25) is 0 Å². The average molecular weight is 629 g/mol. The van der Waals surface area contributed by atoms with Crippen molar-refractivity contribution in [1.29, 1.82) is 0 Å². The lowest BCUT2D eigenvalue weighted by molar-refractivity contribution is 0.103. The van der Waals surface area contributed by atoms with E-state index in [9.17, 15) is 19.8 Å². The third-order valence-corrected chi connectivity index (χ3v) is 6.64. The number of methoxy groups -OCH3 is 6. The van der Waals surface area contributed by atoms with Gasteiger partial charge in [-0.05, 0) is 60.7 Å². The van der Waals surface area contributed by atoms with E-state index in [0.717, 1.165) is 0 Å². The number of hydrogen-bond acceptors (Lipinski definition) is 10. The van der Waals surface area contributed by atoms with Crippen LogP contribution in [0.15, 0.2) is 84.9 Å². The quantitative estimate of drug-likeness (QED) is 0.130. The highest BCUT2D eigenvalue weighted by Crippen LogP contribution is 2.41. The van der Waals surface area contributed by atoms with Crippen molar-refractivity contribution in [3.05, 3.63) is 107 Å². The zero-order chi connectivity index (χ0) is 33.6. The highest BCUT2D eigenvalue weighted by atomic mass is 16.5. The van der Waals surface area contributed by atoms with E-state index in [1.54, 1.807) is 84.9 Å². The third kappa shape index (κ3) is 8.17. The van der Waals surface area contributed by atoms with Crippen molar-refractivity contribution in [2.45, 2.75) is 0 Å². The lowest BCUT2D eigenvalue weighted by Gasteiger charge is -2.14. The first-order valence-corrected chi connectivity index (χ1v) is 13.8. The molecule has 0 amide bonds. The Morgan fingerprint density at radius 3 is 1.13 bits per heavy atom. The fraction of sp³-hybridized carbons (Fsp3) is 0.167. The van der Waals surface area contributed by atoms with Crippen molar-refractivity contribution >= 4 is 23.7 Å². The van der Waals surface area contributed by atoms with Crippen LogP contribution in [0.1, 0.15) is 31.8 Å². The predicted octanol–water partition coefficient (Wildman–Crippen LogP) is 6.63. The van der Waals surface area contributed by atoms with Crippen LogP contribution in [0.25, 0.3) is 12.2 Å². The number of phenolic OH excluding ortho intramolecular Hbond substituents is 2. The lowest BCUT2D eigenvalue weighted by Crippen LogP contribution is -2.02. The van der Waals surface area contributed by atoms with Crippen molar-refractivity contribution in [3.8, 4) is 46.0 Å². The second-order valence-electron chi connectivity index (χ2n) is 9.28. The summed E-state index contributed by atoms with van der Waals surface area (Å²) in [6, 6.07) is 20.0. The van der Waals surface area contributed by atoms with Gasteiger partial charge < -0.3 is 38.6 Å². The molecule has 0 radical (unpaired) electrons. The van der Waals surface area contributed by atoms with Crippen molar-refractivity contribution in [2.24, 2.45) is 0 Å². The number of benzene rings is 4. The summed E-state index contributed by atoms with van der Waals surface area (Å²) in [6.45, 7) is 0. The minimum atomic E-state index is -0.272. The Morgan fingerprint density at radius 2 is 0.826 bits per heavy atom. The summed E-state index contributed by atoms with van der Waals surface area (Å²) in [5.74, 6) is 1.95. The summed E-state index contributed by atoms with van der Waals surface area (Å²) in [5.41, 5.74) is 1.80. The number of para-hydroxylation sites is 2. The Labute approximate surface area is 267 Å². The van der Waals surface area contributed by atoms with Gasteiger partial charge in [0, 0.05) is 11.1 Å². The highest BCUT2D eigenvalue weighted by molar-refractivity contribution is 6.10. The normalized spacial score (nSPS) is 10.6. The molecule has 0 aliphatic heterocycles. The maximum Gasteiger partial charge on any atom is 0.204 e. The van der Waals surface area contributed by atoms with Crippen LogP contribution in [0, 0.1) is 0 Å². The summed E-state index contributed by atoms with van der Waals surface area (Å²) >= 11 is 0. The van der Waals surface area contributed by atoms with E-state index in [1.807, 2.05) is 0 Å². The van der Waals surface area contributed by atoms with Gasteiger partial charge in [-0.15, -0.1) is 0 Å². The van der Waals surface area contributed by atoms with Crippen LogP contribution in [-0.2, 0) is 0 Å². The molecule has 0 unspecified atom stereocenters. The number of carbonyl (C=O) groups excluding carboxylic acids is 2. The van der Waals surface area contributed by atoms with E-state index in [-0.39, 0.29) is 23.1 Å². The van der Waals surface area contributed by atoms with Crippen LogP contribution >= 0.6 is 0 Å². The van der Waals surface area contributed by atoms with E-state index >= 15 is 0 Å². The van der Waals surface area contributed by atoms with E-state index in [1.165, 1.54) is 54.8 Å². The number of phenols is 2. The summed E-state index contributed by atoms with van der Waals surface area (Å²) in [5, 5.41) is 19.4. The van der Waals surface area contributed by atoms with E-state index in [4.69, 9.17) is 28.4 Å². The topological polar surface area (TPSA) is 130 Å². The molecular weight excluding hydrogens is 592 g/mol. The molecule has 0 saturated heterocycles. The van der Waals surface area contributed by atoms with Gasteiger partial charge in [0.25, 0.3) is 0 Å². The molecule has 2 N–H and O–H groups in total. The molecule has 0 aliphatic carbocycles. The lowest BCUT2D eigenvalue weighted by atomic mass is 10.1. The zero-order valence-electron chi connectivity index (χ0n) is 26.4. The van der Waals surface area contributed by atoms with Crippen molar-refractivity contribution in [3.63, 3.8) is 0 Å². The Bertz CT molecular complexity index is 1600. The maximum atomic E-state index is 12.4. The molecule has 10 heteroatoms. The second-order valence-corrected chi connectivity index (χ2v) is 9.28. The second kappa shape index (κ2) is 16.8. The number of aromatic hydroxyl groups is 2. The Balaban J connectivity index is 0.000000250. The minimum Gasteiger partial charge on any atom is -0.507 e.